The van der Waals surface area contributed by atoms with E-state index in [1.165, 1.54) is 32.9 Å². The van der Waals surface area contributed by atoms with Crippen molar-refractivity contribution in [3.8, 4) is 0 Å². The third kappa shape index (κ3) is 1.32. The average Bonchev–Trinajstić information content (AvgIpc) is 2.68. The van der Waals surface area contributed by atoms with Crippen LogP contribution < -0.4 is 0 Å². The minimum absolute atomic E-state index is 1.02. The number of rotatable bonds is 1. The van der Waals surface area contributed by atoms with E-state index in [1.54, 1.807) is 0 Å². The first-order valence-corrected chi connectivity index (χ1v) is 6.21. The molecule has 0 spiro atoms. The van der Waals surface area contributed by atoms with Crippen LogP contribution in [0.25, 0.3) is 21.8 Å². The second-order valence-electron chi connectivity index (χ2n) is 4.66. The Morgan fingerprint density at radius 3 is 2.47 bits per heavy atom. The molecule has 2 aromatic carbocycles. The Labute approximate surface area is 102 Å². The number of aromatic nitrogens is 1. The van der Waals surface area contributed by atoms with Crippen LogP contribution in [0.1, 0.15) is 18.1 Å². The van der Waals surface area contributed by atoms with E-state index in [0.717, 1.165) is 6.54 Å². The molecule has 86 valence electrons. The number of fused-ring (bicyclic) bond motifs is 3. The Kier molecular flexibility index (Phi) is 2.22. The number of hydrogen-bond donors (Lipinski definition) is 0. The molecule has 3 aromatic rings. The van der Waals surface area contributed by atoms with Crippen molar-refractivity contribution in [1.29, 1.82) is 0 Å². The molecule has 1 nitrogen and oxygen atoms in total. The summed E-state index contributed by atoms with van der Waals surface area (Å²) >= 11 is 0. The predicted octanol–water partition coefficient (Wildman–Crippen LogP) is 4.43. The molecular formula is C16H17N. The van der Waals surface area contributed by atoms with Gasteiger partial charge in [-0.1, -0.05) is 24.3 Å². The lowest BCUT2D eigenvalue weighted by molar-refractivity contribution is 0.827. The first-order chi connectivity index (χ1) is 8.24. The summed E-state index contributed by atoms with van der Waals surface area (Å²) in [4.78, 5) is 0. The third-order valence-corrected chi connectivity index (χ3v) is 3.79. The Bertz CT molecular complexity index is 704. The predicted molar refractivity (Wildman–Crippen MR) is 74.6 cm³/mol. The standard InChI is InChI=1S/C16H17N/c1-4-17-14-8-6-5-7-13(14)16-12(3)11(2)9-10-15(16)17/h5-10H,4H2,1-3H3. The van der Waals surface area contributed by atoms with E-state index in [0.29, 0.717) is 0 Å². The van der Waals surface area contributed by atoms with E-state index in [1.807, 2.05) is 0 Å². The highest BCUT2D eigenvalue weighted by atomic mass is 15.0. The highest BCUT2D eigenvalue weighted by Crippen LogP contribution is 2.32. The van der Waals surface area contributed by atoms with Crippen LogP contribution in [0.5, 0.6) is 0 Å². The van der Waals surface area contributed by atoms with Crippen LogP contribution in [-0.4, -0.2) is 4.57 Å². The molecule has 0 bridgehead atoms. The lowest BCUT2D eigenvalue weighted by Gasteiger charge is -2.04. The minimum Gasteiger partial charge on any atom is -0.341 e. The zero-order valence-corrected chi connectivity index (χ0v) is 10.6. The summed E-state index contributed by atoms with van der Waals surface area (Å²) in [6, 6.07) is 13.2. The molecule has 0 amide bonds. The molecule has 0 aliphatic carbocycles. The van der Waals surface area contributed by atoms with Gasteiger partial charge in [-0.2, -0.15) is 0 Å². The Hall–Kier alpha value is -1.76. The van der Waals surface area contributed by atoms with E-state index in [-0.39, 0.29) is 0 Å². The molecule has 0 saturated heterocycles. The topological polar surface area (TPSA) is 4.93 Å². The van der Waals surface area contributed by atoms with E-state index in [9.17, 15) is 0 Å². The molecule has 3 rings (SSSR count). The van der Waals surface area contributed by atoms with Crippen LogP contribution in [-0.2, 0) is 6.54 Å². The molecule has 0 radical (unpaired) electrons. The number of aryl methyl sites for hydroxylation is 3. The van der Waals surface area contributed by atoms with Crippen molar-refractivity contribution in [2.24, 2.45) is 0 Å². The van der Waals surface area contributed by atoms with Crippen LogP contribution in [0.3, 0.4) is 0 Å². The van der Waals surface area contributed by atoms with E-state index < -0.39 is 0 Å². The molecule has 1 heteroatoms. The normalized spacial score (nSPS) is 11.5. The SMILES string of the molecule is CCn1c2ccccc2c2c(C)c(C)ccc21. The fourth-order valence-corrected chi connectivity index (χ4v) is 2.76. The summed E-state index contributed by atoms with van der Waals surface area (Å²) < 4.78 is 2.40. The van der Waals surface area contributed by atoms with Crippen molar-refractivity contribution in [3.05, 3.63) is 47.5 Å². The molecule has 0 aliphatic rings. The van der Waals surface area contributed by atoms with Gasteiger partial charge in [0.1, 0.15) is 0 Å². The summed E-state index contributed by atoms with van der Waals surface area (Å²) in [7, 11) is 0. The van der Waals surface area contributed by atoms with Gasteiger partial charge >= 0.3 is 0 Å². The minimum atomic E-state index is 1.02. The Morgan fingerprint density at radius 2 is 1.71 bits per heavy atom. The van der Waals surface area contributed by atoms with Gasteiger partial charge < -0.3 is 4.57 Å². The largest absolute Gasteiger partial charge is 0.341 e. The molecule has 0 saturated carbocycles. The summed E-state index contributed by atoms with van der Waals surface area (Å²) in [5, 5.41) is 2.80. The van der Waals surface area contributed by atoms with Crippen molar-refractivity contribution in [2.45, 2.75) is 27.3 Å². The van der Waals surface area contributed by atoms with Crippen molar-refractivity contribution >= 4 is 21.8 Å². The first kappa shape index (κ1) is 10.4. The summed E-state index contributed by atoms with van der Waals surface area (Å²) in [5.74, 6) is 0. The molecular weight excluding hydrogens is 206 g/mol. The zero-order chi connectivity index (χ0) is 12.0. The fraction of sp³-hybridized carbons (Fsp3) is 0.250. The van der Waals surface area contributed by atoms with Gasteiger partial charge in [0.15, 0.2) is 0 Å². The smallest absolute Gasteiger partial charge is 0.0494 e. The molecule has 1 heterocycles. The Morgan fingerprint density at radius 1 is 0.941 bits per heavy atom. The van der Waals surface area contributed by atoms with Gasteiger partial charge in [-0.3, -0.25) is 0 Å². The lowest BCUT2D eigenvalue weighted by Crippen LogP contribution is -1.93. The highest BCUT2D eigenvalue weighted by molar-refractivity contribution is 6.10. The quantitative estimate of drug-likeness (QED) is 0.575. The molecule has 0 unspecified atom stereocenters. The average molecular weight is 223 g/mol. The first-order valence-electron chi connectivity index (χ1n) is 6.21. The van der Waals surface area contributed by atoms with Crippen LogP contribution in [0, 0.1) is 13.8 Å². The van der Waals surface area contributed by atoms with E-state index >= 15 is 0 Å². The molecule has 0 N–H and O–H groups in total. The maximum Gasteiger partial charge on any atom is 0.0494 e. The van der Waals surface area contributed by atoms with Crippen molar-refractivity contribution in [2.75, 3.05) is 0 Å². The zero-order valence-electron chi connectivity index (χ0n) is 10.6. The van der Waals surface area contributed by atoms with Crippen molar-refractivity contribution in [1.82, 2.24) is 4.57 Å². The van der Waals surface area contributed by atoms with E-state index in [4.69, 9.17) is 0 Å². The van der Waals surface area contributed by atoms with Crippen LogP contribution in [0.2, 0.25) is 0 Å². The number of para-hydroxylation sites is 1. The summed E-state index contributed by atoms with van der Waals surface area (Å²) in [6.07, 6.45) is 0. The van der Waals surface area contributed by atoms with Gasteiger partial charge in [-0.15, -0.1) is 0 Å². The maximum absolute atomic E-state index is 2.40. The van der Waals surface area contributed by atoms with Gasteiger partial charge in [0, 0.05) is 28.4 Å². The molecule has 1 aromatic heterocycles. The lowest BCUT2D eigenvalue weighted by atomic mass is 10.0. The number of benzene rings is 2. The molecule has 17 heavy (non-hydrogen) atoms. The van der Waals surface area contributed by atoms with Gasteiger partial charge in [0.25, 0.3) is 0 Å². The summed E-state index contributed by atoms with van der Waals surface area (Å²) in [6.45, 7) is 7.64. The number of hydrogen-bond acceptors (Lipinski definition) is 0. The van der Waals surface area contributed by atoms with Crippen LogP contribution in [0.4, 0.5) is 0 Å². The molecule has 0 fully saturated rings. The van der Waals surface area contributed by atoms with Gasteiger partial charge in [0.05, 0.1) is 0 Å². The Balaban J connectivity index is 2.64. The van der Waals surface area contributed by atoms with E-state index in [2.05, 4.69) is 61.7 Å². The third-order valence-electron chi connectivity index (χ3n) is 3.79. The fourth-order valence-electron chi connectivity index (χ4n) is 2.76. The monoisotopic (exact) mass is 223 g/mol. The maximum atomic E-state index is 2.40. The van der Waals surface area contributed by atoms with Crippen molar-refractivity contribution in [3.63, 3.8) is 0 Å². The molecule has 0 atom stereocenters. The summed E-state index contributed by atoms with van der Waals surface area (Å²) in [5.41, 5.74) is 5.48. The number of nitrogens with zero attached hydrogens (tertiary/aromatic N) is 1. The highest BCUT2D eigenvalue weighted by Gasteiger charge is 2.11. The molecule has 0 aliphatic heterocycles. The second kappa shape index (κ2) is 3.63. The van der Waals surface area contributed by atoms with Gasteiger partial charge in [-0.05, 0) is 44.0 Å². The van der Waals surface area contributed by atoms with Crippen LogP contribution in [0.15, 0.2) is 36.4 Å². The van der Waals surface area contributed by atoms with Crippen molar-refractivity contribution < 1.29 is 0 Å². The van der Waals surface area contributed by atoms with Gasteiger partial charge in [-0.25, -0.2) is 0 Å². The van der Waals surface area contributed by atoms with Crippen LogP contribution >= 0.6 is 0 Å². The van der Waals surface area contributed by atoms with Gasteiger partial charge in [0.2, 0.25) is 0 Å². The second-order valence-corrected chi connectivity index (χ2v) is 4.66.